The number of rotatable bonds is 3. The number of benzene rings is 1. The van der Waals surface area contributed by atoms with Crippen LogP contribution in [-0.2, 0) is 6.42 Å². The van der Waals surface area contributed by atoms with Crippen LogP contribution in [0.1, 0.15) is 44.6 Å². The normalized spacial score (nSPS) is 24.8. The van der Waals surface area contributed by atoms with Crippen molar-refractivity contribution in [2.24, 2.45) is 0 Å². The molecule has 1 atom stereocenters. The maximum Gasteiger partial charge on any atom is 0.124 e. The SMILES string of the molecule is CCC1(Cc2ccc(F)cc2Cl)CCCCCN1. The maximum absolute atomic E-state index is 13.1. The van der Waals surface area contributed by atoms with E-state index in [0.29, 0.717) is 5.02 Å². The fourth-order valence-electron chi connectivity index (χ4n) is 2.81. The van der Waals surface area contributed by atoms with Gasteiger partial charge < -0.3 is 5.32 Å². The molecule has 1 unspecified atom stereocenters. The third-order valence-electron chi connectivity index (χ3n) is 4.05. The molecule has 1 aliphatic heterocycles. The standard InChI is InChI=1S/C15H21ClFN/c1-2-15(8-4-3-5-9-18-15)11-12-6-7-13(17)10-14(12)16/h6-7,10,18H,2-5,8-9,11H2,1H3. The van der Waals surface area contributed by atoms with Crippen LogP contribution in [0.5, 0.6) is 0 Å². The maximum atomic E-state index is 13.1. The van der Waals surface area contributed by atoms with E-state index in [9.17, 15) is 4.39 Å². The predicted octanol–water partition coefficient (Wildman–Crippen LogP) is 4.33. The lowest BCUT2D eigenvalue weighted by Gasteiger charge is -2.33. The second kappa shape index (κ2) is 6.03. The van der Waals surface area contributed by atoms with Crippen molar-refractivity contribution >= 4 is 11.6 Å². The Morgan fingerprint density at radius 3 is 2.89 bits per heavy atom. The third-order valence-corrected chi connectivity index (χ3v) is 4.40. The average Bonchev–Trinajstić information content (AvgIpc) is 2.59. The average molecular weight is 270 g/mol. The number of hydrogen-bond acceptors (Lipinski definition) is 1. The summed E-state index contributed by atoms with van der Waals surface area (Å²) in [5.41, 5.74) is 1.19. The van der Waals surface area contributed by atoms with E-state index < -0.39 is 0 Å². The van der Waals surface area contributed by atoms with Gasteiger partial charge in [0, 0.05) is 10.6 Å². The van der Waals surface area contributed by atoms with Gasteiger partial charge in [-0.3, -0.25) is 0 Å². The second-order valence-corrected chi connectivity index (χ2v) is 5.69. The van der Waals surface area contributed by atoms with Gasteiger partial charge in [-0.2, -0.15) is 0 Å². The summed E-state index contributed by atoms with van der Waals surface area (Å²) in [4.78, 5) is 0. The van der Waals surface area contributed by atoms with Crippen molar-refractivity contribution in [3.8, 4) is 0 Å². The largest absolute Gasteiger partial charge is 0.311 e. The molecule has 1 nitrogen and oxygen atoms in total. The Labute approximate surface area is 114 Å². The lowest BCUT2D eigenvalue weighted by Crippen LogP contribution is -2.46. The first-order valence-electron chi connectivity index (χ1n) is 6.84. The summed E-state index contributed by atoms with van der Waals surface area (Å²) in [6, 6.07) is 4.74. The Kier molecular flexibility index (Phi) is 4.63. The fourth-order valence-corrected chi connectivity index (χ4v) is 3.05. The van der Waals surface area contributed by atoms with Crippen LogP contribution in [-0.4, -0.2) is 12.1 Å². The second-order valence-electron chi connectivity index (χ2n) is 5.28. The minimum absolute atomic E-state index is 0.137. The summed E-state index contributed by atoms with van der Waals surface area (Å²) in [5.74, 6) is -0.261. The topological polar surface area (TPSA) is 12.0 Å². The van der Waals surface area contributed by atoms with Crippen LogP contribution in [0.4, 0.5) is 4.39 Å². The molecule has 2 rings (SSSR count). The Bertz CT molecular complexity index is 397. The molecule has 1 aromatic rings. The molecular formula is C15H21ClFN. The highest BCUT2D eigenvalue weighted by Crippen LogP contribution is 2.29. The van der Waals surface area contributed by atoms with Crippen LogP contribution in [0.3, 0.4) is 0 Å². The van der Waals surface area contributed by atoms with Crippen molar-refractivity contribution in [2.75, 3.05) is 6.54 Å². The molecule has 1 aliphatic rings. The Morgan fingerprint density at radius 2 is 2.17 bits per heavy atom. The van der Waals surface area contributed by atoms with Crippen molar-refractivity contribution < 1.29 is 4.39 Å². The van der Waals surface area contributed by atoms with E-state index in [1.165, 1.54) is 37.8 Å². The van der Waals surface area contributed by atoms with Crippen molar-refractivity contribution in [1.82, 2.24) is 5.32 Å². The van der Waals surface area contributed by atoms with Gasteiger partial charge in [-0.15, -0.1) is 0 Å². The van der Waals surface area contributed by atoms with E-state index in [0.717, 1.165) is 24.9 Å². The van der Waals surface area contributed by atoms with E-state index in [1.54, 1.807) is 0 Å². The van der Waals surface area contributed by atoms with Gasteiger partial charge in [0.25, 0.3) is 0 Å². The molecule has 0 amide bonds. The summed E-state index contributed by atoms with van der Waals surface area (Å²) in [6.45, 7) is 3.29. The molecule has 0 spiro atoms. The number of halogens is 2. The van der Waals surface area contributed by atoms with Crippen molar-refractivity contribution in [2.45, 2.75) is 51.0 Å². The molecule has 1 aromatic carbocycles. The zero-order valence-corrected chi connectivity index (χ0v) is 11.7. The van der Waals surface area contributed by atoms with Crippen molar-refractivity contribution in [3.05, 3.63) is 34.6 Å². The van der Waals surface area contributed by atoms with Crippen LogP contribution in [0, 0.1) is 5.82 Å². The highest BCUT2D eigenvalue weighted by atomic mass is 35.5. The van der Waals surface area contributed by atoms with E-state index in [-0.39, 0.29) is 11.4 Å². The van der Waals surface area contributed by atoms with Crippen LogP contribution < -0.4 is 5.32 Å². The molecule has 1 N–H and O–H groups in total. The molecule has 1 heterocycles. The fraction of sp³-hybridized carbons (Fsp3) is 0.600. The summed E-state index contributed by atoms with van der Waals surface area (Å²) >= 11 is 6.14. The highest BCUT2D eigenvalue weighted by Gasteiger charge is 2.29. The Balaban J connectivity index is 2.18. The first kappa shape index (κ1) is 13.8. The molecule has 1 fully saturated rings. The molecule has 0 bridgehead atoms. The minimum atomic E-state index is -0.261. The molecular weight excluding hydrogens is 249 g/mol. The summed E-state index contributed by atoms with van der Waals surface area (Å²) < 4.78 is 13.1. The summed E-state index contributed by atoms with van der Waals surface area (Å²) in [6.07, 6.45) is 6.96. The third kappa shape index (κ3) is 3.24. The van der Waals surface area contributed by atoms with Crippen molar-refractivity contribution in [3.63, 3.8) is 0 Å². The Morgan fingerprint density at radius 1 is 1.33 bits per heavy atom. The Hall–Kier alpha value is -0.600. The van der Waals surface area contributed by atoms with Crippen LogP contribution >= 0.6 is 11.6 Å². The zero-order chi connectivity index (χ0) is 13.0. The zero-order valence-electron chi connectivity index (χ0n) is 10.9. The molecule has 0 saturated carbocycles. The molecule has 1 saturated heterocycles. The molecule has 0 aromatic heterocycles. The first-order chi connectivity index (χ1) is 8.65. The minimum Gasteiger partial charge on any atom is -0.311 e. The van der Waals surface area contributed by atoms with Gasteiger partial charge in [0.2, 0.25) is 0 Å². The predicted molar refractivity (Wildman–Crippen MR) is 74.6 cm³/mol. The lowest BCUT2D eigenvalue weighted by atomic mass is 9.84. The van der Waals surface area contributed by atoms with Crippen LogP contribution in [0.2, 0.25) is 5.02 Å². The molecule has 100 valence electrons. The van der Waals surface area contributed by atoms with E-state index in [1.807, 2.05) is 6.07 Å². The van der Waals surface area contributed by atoms with Gasteiger partial charge in [-0.1, -0.05) is 37.4 Å². The highest BCUT2D eigenvalue weighted by molar-refractivity contribution is 6.31. The van der Waals surface area contributed by atoms with Crippen LogP contribution in [0.15, 0.2) is 18.2 Å². The molecule has 0 radical (unpaired) electrons. The van der Waals surface area contributed by atoms with E-state index >= 15 is 0 Å². The van der Waals surface area contributed by atoms with Crippen LogP contribution in [0.25, 0.3) is 0 Å². The lowest BCUT2D eigenvalue weighted by molar-refractivity contribution is 0.302. The van der Waals surface area contributed by atoms with Gasteiger partial charge >= 0.3 is 0 Å². The molecule has 3 heteroatoms. The van der Waals surface area contributed by atoms with Gasteiger partial charge in [0.15, 0.2) is 0 Å². The van der Waals surface area contributed by atoms with E-state index in [2.05, 4.69) is 12.2 Å². The summed E-state index contributed by atoms with van der Waals surface area (Å²) in [7, 11) is 0. The molecule has 0 aliphatic carbocycles. The monoisotopic (exact) mass is 269 g/mol. The summed E-state index contributed by atoms with van der Waals surface area (Å²) in [5, 5.41) is 4.23. The smallest absolute Gasteiger partial charge is 0.124 e. The van der Waals surface area contributed by atoms with Gasteiger partial charge in [-0.25, -0.2) is 4.39 Å². The van der Waals surface area contributed by atoms with Crippen molar-refractivity contribution in [1.29, 1.82) is 0 Å². The first-order valence-corrected chi connectivity index (χ1v) is 7.22. The quantitative estimate of drug-likeness (QED) is 0.861. The van der Waals surface area contributed by atoms with Gasteiger partial charge in [0.1, 0.15) is 5.82 Å². The van der Waals surface area contributed by atoms with Gasteiger partial charge in [-0.05, 0) is 49.9 Å². The van der Waals surface area contributed by atoms with Gasteiger partial charge in [0.05, 0.1) is 0 Å². The number of nitrogens with one attached hydrogen (secondary N) is 1. The number of hydrogen-bond donors (Lipinski definition) is 1. The molecule has 18 heavy (non-hydrogen) atoms. The van der Waals surface area contributed by atoms with E-state index in [4.69, 9.17) is 11.6 Å².